The predicted octanol–water partition coefficient (Wildman–Crippen LogP) is 2.24. The molecule has 2 N–H and O–H groups in total. The molecule has 0 saturated carbocycles. The molecule has 8 heteroatoms. The molecule has 0 bridgehead atoms. The van der Waals surface area contributed by atoms with Gasteiger partial charge in [0.15, 0.2) is 13.2 Å². The predicted molar refractivity (Wildman–Crippen MR) is 80.4 cm³/mol. The SMILES string of the molecule is CC(N)=C(C#N)C(=O)COC(=O)COc1ccc(Cl)cc1Cl. The van der Waals surface area contributed by atoms with E-state index in [2.05, 4.69) is 0 Å². The van der Waals surface area contributed by atoms with Gasteiger partial charge in [0.1, 0.15) is 17.4 Å². The summed E-state index contributed by atoms with van der Waals surface area (Å²) in [4.78, 5) is 23.1. The average molecular weight is 343 g/mol. The zero-order valence-electron chi connectivity index (χ0n) is 11.6. The second-order valence-corrected chi connectivity index (χ2v) is 4.96. The monoisotopic (exact) mass is 342 g/mol. The number of hydrogen-bond donors (Lipinski definition) is 1. The molecule has 0 heterocycles. The van der Waals surface area contributed by atoms with Crippen LogP contribution >= 0.6 is 23.2 Å². The molecule has 6 nitrogen and oxygen atoms in total. The second kappa shape index (κ2) is 8.27. The lowest BCUT2D eigenvalue weighted by atomic mass is 10.1. The summed E-state index contributed by atoms with van der Waals surface area (Å²) >= 11 is 11.6. The third kappa shape index (κ3) is 5.28. The fourth-order valence-electron chi connectivity index (χ4n) is 1.36. The molecule has 0 radical (unpaired) electrons. The first-order chi connectivity index (χ1) is 10.3. The van der Waals surface area contributed by atoms with Crippen molar-refractivity contribution in [3.05, 3.63) is 39.5 Å². The van der Waals surface area contributed by atoms with Gasteiger partial charge in [-0.15, -0.1) is 0 Å². The van der Waals surface area contributed by atoms with Crippen LogP contribution in [-0.2, 0) is 14.3 Å². The Bertz CT molecular complexity index is 661. The van der Waals surface area contributed by atoms with Gasteiger partial charge in [-0.25, -0.2) is 4.79 Å². The van der Waals surface area contributed by atoms with E-state index in [-0.39, 0.29) is 22.0 Å². The molecule has 0 amide bonds. The molecule has 1 aromatic carbocycles. The Morgan fingerprint density at radius 3 is 2.55 bits per heavy atom. The van der Waals surface area contributed by atoms with Crippen LogP contribution < -0.4 is 10.5 Å². The maximum Gasteiger partial charge on any atom is 0.344 e. The lowest BCUT2D eigenvalue weighted by Crippen LogP contribution is -2.21. The number of allylic oxidation sites excluding steroid dienone is 1. The third-order valence-corrected chi connectivity index (χ3v) is 2.92. The first-order valence-corrected chi connectivity index (χ1v) is 6.74. The molecule has 0 atom stereocenters. The number of ether oxygens (including phenoxy) is 2. The van der Waals surface area contributed by atoms with Gasteiger partial charge in [-0.05, 0) is 25.1 Å². The minimum absolute atomic E-state index is 0.0627. The summed E-state index contributed by atoms with van der Waals surface area (Å²) in [5.41, 5.74) is 5.19. The molecule has 0 aromatic heterocycles. The quantitative estimate of drug-likeness (QED) is 0.483. The minimum atomic E-state index is -0.786. The number of carbonyl (C=O) groups excluding carboxylic acids is 2. The Morgan fingerprint density at radius 1 is 1.32 bits per heavy atom. The Morgan fingerprint density at radius 2 is 2.00 bits per heavy atom. The van der Waals surface area contributed by atoms with Crippen LogP contribution in [0.15, 0.2) is 29.5 Å². The molecule has 0 unspecified atom stereocenters. The van der Waals surface area contributed by atoms with Crippen molar-refractivity contribution >= 4 is 35.0 Å². The number of Topliss-reactive ketones (excluding diaryl/α,β-unsaturated/α-hetero) is 1. The second-order valence-electron chi connectivity index (χ2n) is 4.12. The van der Waals surface area contributed by atoms with E-state index in [9.17, 15) is 9.59 Å². The van der Waals surface area contributed by atoms with E-state index in [1.807, 2.05) is 0 Å². The zero-order chi connectivity index (χ0) is 16.7. The number of halogens is 2. The number of carbonyl (C=O) groups is 2. The summed E-state index contributed by atoms with van der Waals surface area (Å²) < 4.78 is 9.84. The molecule has 1 rings (SSSR count). The lowest BCUT2D eigenvalue weighted by Gasteiger charge is -2.08. The van der Waals surface area contributed by atoms with Crippen LogP contribution in [0.3, 0.4) is 0 Å². The molecule has 0 spiro atoms. The minimum Gasteiger partial charge on any atom is -0.480 e. The van der Waals surface area contributed by atoms with Crippen molar-refractivity contribution < 1.29 is 19.1 Å². The van der Waals surface area contributed by atoms with Crippen molar-refractivity contribution in [3.8, 4) is 11.8 Å². The van der Waals surface area contributed by atoms with E-state index in [1.165, 1.54) is 19.1 Å². The van der Waals surface area contributed by atoms with Crippen molar-refractivity contribution in [1.82, 2.24) is 0 Å². The summed E-state index contributed by atoms with van der Waals surface area (Å²) in [5, 5.41) is 9.41. The Balaban J connectivity index is 2.49. The Hall–Kier alpha value is -2.23. The fraction of sp³-hybridized carbons (Fsp3) is 0.214. The van der Waals surface area contributed by atoms with E-state index >= 15 is 0 Å². The number of rotatable bonds is 6. The molecule has 22 heavy (non-hydrogen) atoms. The zero-order valence-corrected chi connectivity index (χ0v) is 13.1. The van der Waals surface area contributed by atoms with Gasteiger partial charge >= 0.3 is 5.97 Å². The van der Waals surface area contributed by atoms with Crippen LogP contribution in [0.1, 0.15) is 6.92 Å². The first kappa shape index (κ1) is 17.8. The fourth-order valence-corrected chi connectivity index (χ4v) is 1.82. The molecule has 0 saturated heterocycles. The van der Waals surface area contributed by atoms with Gasteiger partial charge in [0, 0.05) is 10.7 Å². The number of nitrogens with two attached hydrogens (primary N) is 1. The molecular formula is C14H12Cl2N2O4. The number of ketones is 1. The van der Waals surface area contributed by atoms with Crippen molar-refractivity contribution in [2.45, 2.75) is 6.92 Å². The standard InChI is InChI=1S/C14H12Cl2N2O4/c1-8(18)10(5-17)12(19)6-22-14(20)7-21-13-3-2-9(15)4-11(13)16/h2-4H,6-7,18H2,1H3. The third-order valence-electron chi connectivity index (χ3n) is 2.39. The Kier molecular flexibility index (Phi) is 6.70. The van der Waals surface area contributed by atoms with Gasteiger partial charge in [0.05, 0.1) is 5.02 Å². The molecule has 0 fully saturated rings. The number of nitrogens with zero attached hydrogens (tertiary/aromatic N) is 1. The highest BCUT2D eigenvalue weighted by Gasteiger charge is 2.15. The van der Waals surface area contributed by atoms with E-state index in [4.69, 9.17) is 43.7 Å². The maximum absolute atomic E-state index is 11.6. The highest BCUT2D eigenvalue weighted by molar-refractivity contribution is 6.35. The summed E-state index contributed by atoms with van der Waals surface area (Å²) in [6.45, 7) is 0.375. The van der Waals surface area contributed by atoms with Gasteiger partial charge in [0.25, 0.3) is 0 Å². The first-order valence-electron chi connectivity index (χ1n) is 5.98. The summed E-state index contributed by atoms with van der Waals surface area (Å²) in [5.74, 6) is -1.21. The van der Waals surface area contributed by atoms with Gasteiger partial charge in [-0.3, -0.25) is 4.79 Å². The molecular weight excluding hydrogens is 331 g/mol. The lowest BCUT2D eigenvalue weighted by molar-refractivity contribution is -0.149. The number of benzene rings is 1. The van der Waals surface area contributed by atoms with Crippen LogP contribution in [0.2, 0.25) is 10.0 Å². The van der Waals surface area contributed by atoms with Crippen molar-refractivity contribution in [2.24, 2.45) is 5.73 Å². The largest absolute Gasteiger partial charge is 0.480 e. The number of nitriles is 1. The van der Waals surface area contributed by atoms with Gasteiger partial charge in [0.2, 0.25) is 5.78 Å². The van der Waals surface area contributed by atoms with Gasteiger partial charge < -0.3 is 15.2 Å². The Labute approximate surface area is 137 Å². The van der Waals surface area contributed by atoms with Crippen molar-refractivity contribution in [2.75, 3.05) is 13.2 Å². The normalized spacial score (nSPS) is 11.2. The van der Waals surface area contributed by atoms with Crippen LogP contribution in [0, 0.1) is 11.3 Å². The molecule has 116 valence electrons. The van der Waals surface area contributed by atoms with Crippen molar-refractivity contribution in [1.29, 1.82) is 5.26 Å². The molecule has 0 aliphatic heterocycles. The van der Waals surface area contributed by atoms with E-state index in [0.29, 0.717) is 5.02 Å². The number of esters is 1. The average Bonchev–Trinajstić information content (AvgIpc) is 2.44. The molecule has 0 aliphatic rings. The smallest absolute Gasteiger partial charge is 0.344 e. The number of hydrogen-bond acceptors (Lipinski definition) is 6. The van der Waals surface area contributed by atoms with Gasteiger partial charge in [-0.1, -0.05) is 23.2 Å². The van der Waals surface area contributed by atoms with Crippen molar-refractivity contribution in [3.63, 3.8) is 0 Å². The van der Waals surface area contributed by atoms with Crippen LogP contribution in [0.4, 0.5) is 0 Å². The van der Waals surface area contributed by atoms with E-state index in [1.54, 1.807) is 12.1 Å². The molecule has 1 aromatic rings. The molecule has 0 aliphatic carbocycles. The van der Waals surface area contributed by atoms with Gasteiger partial charge in [-0.2, -0.15) is 5.26 Å². The van der Waals surface area contributed by atoms with Crippen LogP contribution in [0.25, 0.3) is 0 Å². The maximum atomic E-state index is 11.6. The van der Waals surface area contributed by atoms with E-state index < -0.39 is 25.0 Å². The van der Waals surface area contributed by atoms with E-state index in [0.717, 1.165) is 0 Å². The summed E-state index contributed by atoms with van der Waals surface area (Å²) in [7, 11) is 0. The highest BCUT2D eigenvalue weighted by atomic mass is 35.5. The van der Waals surface area contributed by atoms with Crippen LogP contribution in [0.5, 0.6) is 5.75 Å². The highest BCUT2D eigenvalue weighted by Crippen LogP contribution is 2.27. The summed E-state index contributed by atoms with van der Waals surface area (Å²) in [6.07, 6.45) is 0. The van der Waals surface area contributed by atoms with Crippen LogP contribution in [-0.4, -0.2) is 25.0 Å². The summed E-state index contributed by atoms with van der Waals surface area (Å²) in [6, 6.07) is 6.15. The topological polar surface area (TPSA) is 102 Å².